The molecule has 2 aromatic carbocycles. The minimum absolute atomic E-state index is 0.0301. The van der Waals surface area contributed by atoms with Gasteiger partial charge in [-0.25, -0.2) is 4.39 Å². The monoisotopic (exact) mass is 617 g/mol. The van der Waals surface area contributed by atoms with Crippen LogP contribution in [-0.4, -0.2) is 45.6 Å². The molecule has 6 rings (SSSR count). The zero-order valence-electron chi connectivity index (χ0n) is 23.4. The highest BCUT2D eigenvalue weighted by Crippen LogP contribution is 2.37. The Morgan fingerprint density at radius 2 is 1.93 bits per heavy atom. The van der Waals surface area contributed by atoms with Crippen LogP contribution in [0.3, 0.4) is 0 Å². The lowest BCUT2D eigenvalue weighted by Gasteiger charge is -2.35. The molecule has 0 radical (unpaired) electrons. The Bertz CT molecular complexity index is 1700. The first-order chi connectivity index (χ1) is 20.9. The molecule has 0 spiro atoms. The van der Waals surface area contributed by atoms with Gasteiger partial charge in [0, 0.05) is 60.7 Å². The van der Waals surface area contributed by atoms with Crippen LogP contribution in [0.2, 0.25) is 10.0 Å². The van der Waals surface area contributed by atoms with Gasteiger partial charge in [-0.15, -0.1) is 5.53 Å². The van der Waals surface area contributed by atoms with E-state index in [2.05, 4.69) is 60.7 Å². The predicted molar refractivity (Wildman–Crippen MR) is 168 cm³/mol. The normalized spacial score (nSPS) is 16.4. The molecule has 0 unspecified atom stereocenters. The summed E-state index contributed by atoms with van der Waals surface area (Å²) in [6, 6.07) is 14.2. The molecule has 9 nitrogen and oxygen atoms in total. The summed E-state index contributed by atoms with van der Waals surface area (Å²) in [6.07, 6.45) is 9.28. The first-order valence-corrected chi connectivity index (χ1v) is 14.8. The average molecular weight is 619 g/mol. The van der Waals surface area contributed by atoms with E-state index in [1.165, 1.54) is 18.3 Å². The molecule has 2 aliphatic rings. The molecular weight excluding hydrogens is 588 g/mol. The minimum atomic E-state index is -0.530. The number of nitriles is 1. The number of hydrogen-bond donors (Lipinski definition) is 4. The number of fused-ring (bicyclic) bond motifs is 1. The van der Waals surface area contributed by atoms with Gasteiger partial charge in [0.1, 0.15) is 11.9 Å². The van der Waals surface area contributed by atoms with Crippen molar-refractivity contribution in [3.8, 4) is 6.07 Å². The van der Waals surface area contributed by atoms with Gasteiger partial charge in [0.25, 0.3) is 0 Å². The highest BCUT2D eigenvalue weighted by atomic mass is 35.5. The second kappa shape index (κ2) is 12.6. The lowest BCUT2D eigenvalue weighted by molar-refractivity contribution is 0.112. The largest absolute Gasteiger partial charge is 0.373 e. The van der Waals surface area contributed by atoms with Crippen LogP contribution in [0.4, 0.5) is 21.5 Å². The summed E-state index contributed by atoms with van der Waals surface area (Å²) < 4.78 is 13.8. The van der Waals surface area contributed by atoms with Gasteiger partial charge in [0.05, 0.1) is 38.6 Å². The quantitative estimate of drug-likeness (QED) is 0.176. The molecule has 0 aliphatic carbocycles. The zero-order chi connectivity index (χ0) is 29.9. The van der Waals surface area contributed by atoms with Crippen molar-refractivity contribution in [1.29, 1.82) is 5.26 Å². The summed E-state index contributed by atoms with van der Waals surface area (Å²) >= 11 is 12.8. The molecule has 1 saturated heterocycles. The number of hydrogen-bond acceptors (Lipinski definition) is 9. The van der Waals surface area contributed by atoms with E-state index in [1.54, 1.807) is 12.3 Å². The third-order valence-corrected chi connectivity index (χ3v) is 8.46. The van der Waals surface area contributed by atoms with Crippen LogP contribution in [0.15, 0.2) is 73.0 Å². The van der Waals surface area contributed by atoms with Crippen LogP contribution in [0.1, 0.15) is 36.9 Å². The molecule has 1 fully saturated rings. The van der Waals surface area contributed by atoms with Gasteiger partial charge >= 0.3 is 0 Å². The van der Waals surface area contributed by atoms with Gasteiger partial charge in [-0.1, -0.05) is 36.2 Å². The van der Waals surface area contributed by atoms with Crippen molar-refractivity contribution in [1.82, 2.24) is 30.8 Å². The van der Waals surface area contributed by atoms with Crippen molar-refractivity contribution >= 4 is 51.2 Å². The fourth-order valence-corrected chi connectivity index (χ4v) is 5.98. The maximum Gasteiger partial charge on any atom is 0.141 e. The Morgan fingerprint density at radius 1 is 1.12 bits per heavy atom. The number of pyridine rings is 2. The Hall–Kier alpha value is -4.14. The van der Waals surface area contributed by atoms with E-state index in [-0.39, 0.29) is 11.1 Å². The van der Waals surface area contributed by atoms with E-state index >= 15 is 0 Å². The number of piperidine rings is 1. The summed E-state index contributed by atoms with van der Waals surface area (Å²) in [6.45, 7) is 5.41. The number of halogens is 3. The Kier molecular flexibility index (Phi) is 8.49. The number of likely N-dealkylation sites (tertiary alicyclic amines) is 1. The van der Waals surface area contributed by atoms with E-state index in [4.69, 9.17) is 23.2 Å². The number of hydrazine groups is 2. The fourth-order valence-electron chi connectivity index (χ4n) is 5.54. The second-order valence-electron chi connectivity index (χ2n) is 10.5. The van der Waals surface area contributed by atoms with E-state index in [9.17, 15) is 9.65 Å². The zero-order valence-corrected chi connectivity index (χ0v) is 24.9. The van der Waals surface area contributed by atoms with Gasteiger partial charge in [-0.3, -0.25) is 15.0 Å². The summed E-state index contributed by atoms with van der Waals surface area (Å²) in [5, 5.41) is 19.9. The maximum absolute atomic E-state index is 13.8. The molecule has 2 aliphatic heterocycles. The minimum Gasteiger partial charge on any atom is -0.373 e. The average Bonchev–Trinajstić information content (AvgIpc) is 3.52. The number of rotatable bonds is 8. The van der Waals surface area contributed by atoms with Crippen LogP contribution in [0, 0.1) is 17.1 Å². The standard InChI is InChI=1S/C31H30Cl2FN9/c1-2-42-10-7-23(8-11-42)43-18-28(40-41-43)30(19-4-3-9-36-16-19)39-22-12-24-29(38-21-5-6-27(34)25(32)13-21)20(15-35)17-37-31(24)26(33)14-22/h3-6,9,12-14,16-18,23,30,39-41H,2,7-8,10-11H2,1H3,(H,37,38)/t30-/m0/s1. The van der Waals surface area contributed by atoms with Crippen molar-refractivity contribution < 1.29 is 4.39 Å². The summed E-state index contributed by atoms with van der Waals surface area (Å²) in [5.41, 5.74) is 11.1. The molecule has 2 aromatic heterocycles. The second-order valence-corrected chi connectivity index (χ2v) is 11.3. The first kappa shape index (κ1) is 29.0. The molecule has 43 heavy (non-hydrogen) atoms. The predicted octanol–water partition coefficient (Wildman–Crippen LogP) is 6.49. The van der Waals surface area contributed by atoms with Gasteiger partial charge in [-0.2, -0.15) is 5.26 Å². The van der Waals surface area contributed by atoms with Crippen molar-refractivity contribution in [2.24, 2.45) is 0 Å². The third-order valence-electron chi connectivity index (χ3n) is 7.88. The number of nitrogens with zero attached hydrogens (tertiary/aromatic N) is 5. The van der Waals surface area contributed by atoms with Crippen LogP contribution < -0.4 is 21.6 Å². The number of anilines is 3. The molecule has 0 amide bonds. The van der Waals surface area contributed by atoms with Gasteiger partial charge in [0.15, 0.2) is 0 Å². The molecule has 0 saturated carbocycles. The van der Waals surface area contributed by atoms with Crippen LogP contribution in [-0.2, 0) is 0 Å². The topological polar surface area (TPSA) is 104 Å². The molecule has 1 atom stereocenters. The summed E-state index contributed by atoms with van der Waals surface area (Å²) in [4.78, 5) is 11.3. The van der Waals surface area contributed by atoms with E-state index < -0.39 is 5.82 Å². The lowest BCUT2D eigenvalue weighted by atomic mass is 10.0. The van der Waals surface area contributed by atoms with Crippen LogP contribution in [0.5, 0.6) is 0 Å². The molecule has 12 heteroatoms. The smallest absolute Gasteiger partial charge is 0.141 e. The molecule has 4 aromatic rings. The Morgan fingerprint density at radius 3 is 2.65 bits per heavy atom. The van der Waals surface area contributed by atoms with Gasteiger partial charge < -0.3 is 21.0 Å². The van der Waals surface area contributed by atoms with Crippen molar-refractivity contribution in [2.75, 3.05) is 30.3 Å². The highest BCUT2D eigenvalue weighted by molar-refractivity contribution is 6.36. The van der Waals surface area contributed by atoms with Crippen molar-refractivity contribution in [3.63, 3.8) is 0 Å². The SMILES string of the molecule is CCN1CCC(N2C=C([C@@H](Nc3cc(Cl)c4ncc(C#N)c(Nc5ccc(F)c(Cl)c5)c4c3)c3cccnc3)NN2)CC1. The van der Waals surface area contributed by atoms with E-state index in [0.717, 1.165) is 43.7 Å². The molecular formula is C31H30Cl2FN9. The summed E-state index contributed by atoms with van der Waals surface area (Å²) in [5.74, 6) is -0.530. The molecule has 4 N–H and O–H groups in total. The highest BCUT2D eigenvalue weighted by Gasteiger charge is 2.29. The fraction of sp³-hybridized carbons (Fsp3) is 0.258. The number of benzene rings is 2. The Balaban J connectivity index is 1.35. The molecule has 220 valence electrons. The van der Waals surface area contributed by atoms with Crippen molar-refractivity contribution in [3.05, 3.63) is 99.9 Å². The maximum atomic E-state index is 13.8. The van der Waals surface area contributed by atoms with Gasteiger partial charge in [-0.05, 0) is 61.3 Å². The summed E-state index contributed by atoms with van der Waals surface area (Å²) in [7, 11) is 0. The van der Waals surface area contributed by atoms with Gasteiger partial charge in [0.2, 0.25) is 0 Å². The number of nitrogens with one attached hydrogen (secondary N) is 4. The van der Waals surface area contributed by atoms with E-state index in [0.29, 0.717) is 44.6 Å². The van der Waals surface area contributed by atoms with Crippen LogP contribution >= 0.6 is 23.2 Å². The van der Waals surface area contributed by atoms with Crippen LogP contribution in [0.25, 0.3) is 10.9 Å². The lowest BCUT2D eigenvalue weighted by Crippen LogP contribution is -2.48. The third kappa shape index (κ3) is 6.17. The Labute approximate surface area is 259 Å². The van der Waals surface area contributed by atoms with E-state index in [1.807, 2.05) is 30.5 Å². The van der Waals surface area contributed by atoms with Crippen molar-refractivity contribution in [2.45, 2.75) is 31.8 Å². The number of aromatic nitrogens is 2. The first-order valence-electron chi connectivity index (χ1n) is 14.1. The molecule has 0 bridgehead atoms. The molecule has 4 heterocycles.